The Morgan fingerprint density at radius 2 is 1.53 bits per heavy atom. The third kappa shape index (κ3) is 5.87. The highest BCUT2D eigenvalue weighted by Gasteiger charge is 2.36. The molecule has 0 saturated carbocycles. The standard InChI is InChI=1S/C18H9ClF7N3O/c19-14-6-12(1-2-15(14)20)29-16(30)9(7-27)8-28-13-4-10(17(21,22)23)3-11(5-13)18(24,25)26/h1-6,8,28H,(H,29,30). The number of carbonyl (C=O) groups excluding carboxylic acids is 1. The Hall–Kier alpha value is -3.26. The number of benzene rings is 2. The molecule has 0 aliphatic rings. The average molecular weight is 452 g/mol. The Balaban J connectivity index is 2.30. The van der Waals surface area contributed by atoms with Gasteiger partial charge in [0.15, 0.2) is 0 Å². The van der Waals surface area contributed by atoms with Crippen LogP contribution in [-0.4, -0.2) is 5.91 Å². The van der Waals surface area contributed by atoms with E-state index in [0.29, 0.717) is 18.3 Å². The maximum atomic E-state index is 13.1. The van der Waals surface area contributed by atoms with E-state index in [2.05, 4.69) is 10.6 Å². The first-order valence-electron chi connectivity index (χ1n) is 7.74. The van der Waals surface area contributed by atoms with E-state index in [-0.39, 0.29) is 16.8 Å². The van der Waals surface area contributed by atoms with Crippen molar-refractivity contribution in [2.24, 2.45) is 0 Å². The quantitative estimate of drug-likeness (QED) is 0.342. The van der Waals surface area contributed by atoms with E-state index in [1.54, 1.807) is 0 Å². The van der Waals surface area contributed by atoms with E-state index in [9.17, 15) is 35.5 Å². The Labute approximate surface area is 169 Å². The van der Waals surface area contributed by atoms with Gasteiger partial charge < -0.3 is 10.6 Å². The summed E-state index contributed by atoms with van der Waals surface area (Å²) in [6.45, 7) is 0. The van der Waals surface area contributed by atoms with E-state index in [1.807, 2.05) is 0 Å². The van der Waals surface area contributed by atoms with Crippen molar-refractivity contribution in [3.05, 3.63) is 70.1 Å². The van der Waals surface area contributed by atoms with Crippen LogP contribution in [0.1, 0.15) is 11.1 Å². The normalized spacial score (nSPS) is 12.3. The van der Waals surface area contributed by atoms with Crippen LogP contribution in [0.5, 0.6) is 0 Å². The molecule has 0 aromatic heterocycles. The van der Waals surface area contributed by atoms with Gasteiger partial charge in [-0.2, -0.15) is 31.6 Å². The predicted molar refractivity (Wildman–Crippen MR) is 93.8 cm³/mol. The molecular formula is C18H9ClF7N3O. The summed E-state index contributed by atoms with van der Waals surface area (Å²) >= 11 is 5.55. The van der Waals surface area contributed by atoms with Crippen molar-refractivity contribution in [3.63, 3.8) is 0 Å². The zero-order valence-corrected chi connectivity index (χ0v) is 15.2. The van der Waals surface area contributed by atoms with Crippen molar-refractivity contribution in [2.45, 2.75) is 12.4 Å². The molecule has 158 valence electrons. The van der Waals surface area contributed by atoms with Crippen LogP contribution in [-0.2, 0) is 17.1 Å². The Bertz CT molecular complexity index is 1010. The zero-order chi connectivity index (χ0) is 22.7. The van der Waals surface area contributed by atoms with Crippen LogP contribution in [0.3, 0.4) is 0 Å². The van der Waals surface area contributed by atoms with Crippen LogP contribution in [0.25, 0.3) is 0 Å². The van der Waals surface area contributed by atoms with Gasteiger partial charge in [-0.3, -0.25) is 4.79 Å². The van der Waals surface area contributed by atoms with E-state index >= 15 is 0 Å². The number of halogens is 8. The largest absolute Gasteiger partial charge is 0.416 e. The second-order valence-corrected chi connectivity index (χ2v) is 6.10. The predicted octanol–water partition coefficient (Wildman–Crippen LogP) is 5.97. The lowest BCUT2D eigenvalue weighted by Crippen LogP contribution is -2.15. The number of anilines is 2. The Morgan fingerprint density at radius 3 is 2.00 bits per heavy atom. The summed E-state index contributed by atoms with van der Waals surface area (Å²) in [6, 6.07) is 5.26. The second-order valence-electron chi connectivity index (χ2n) is 5.69. The van der Waals surface area contributed by atoms with Gasteiger partial charge in [-0.1, -0.05) is 11.6 Å². The van der Waals surface area contributed by atoms with Gasteiger partial charge >= 0.3 is 12.4 Å². The average Bonchev–Trinajstić information content (AvgIpc) is 2.63. The molecule has 0 aliphatic carbocycles. The van der Waals surface area contributed by atoms with Gasteiger partial charge in [0.1, 0.15) is 17.5 Å². The van der Waals surface area contributed by atoms with E-state index < -0.39 is 46.5 Å². The summed E-state index contributed by atoms with van der Waals surface area (Å²) in [5, 5.41) is 13.0. The highest BCUT2D eigenvalue weighted by atomic mass is 35.5. The van der Waals surface area contributed by atoms with Gasteiger partial charge in [0, 0.05) is 17.6 Å². The molecule has 0 radical (unpaired) electrons. The zero-order valence-electron chi connectivity index (χ0n) is 14.4. The Kier molecular flexibility index (Phi) is 6.62. The van der Waals surface area contributed by atoms with Gasteiger partial charge in [0.05, 0.1) is 16.1 Å². The van der Waals surface area contributed by atoms with Crippen molar-refractivity contribution < 1.29 is 35.5 Å². The molecule has 0 bridgehead atoms. The number of hydrogen-bond acceptors (Lipinski definition) is 3. The van der Waals surface area contributed by atoms with Crippen molar-refractivity contribution in [1.29, 1.82) is 5.26 Å². The number of nitriles is 1. The minimum absolute atomic E-state index is 0.00553. The van der Waals surface area contributed by atoms with E-state index in [0.717, 1.165) is 18.2 Å². The van der Waals surface area contributed by atoms with Crippen molar-refractivity contribution >= 4 is 28.9 Å². The van der Waals surface area contributed by atoms with Crippen molar-refractivity contribution in [3.8, 4) is 6.07 Å². The van der Waals surface area contributed by atoms with Crippen LogP contribution in [0.2, 0.25) is 5.02 Å². The fourth-order valence-corrected chi connectivity index (χ4v) is 2.30. The summed E-state index contributed by atoms with van der Waals surface area (Å²) in [5.41, 5.74) is -4.47. The van der Waals surface area contributed by atoms with Crippen LogP contribution < -0.4 is 10.6 Å². The number of alkyl halides is 6. The van der Waals surface area contributed by atoms with Gasteiger partial charge in [0.2, 0.25) is 0 Å². The number of nitrogens with zero attached hydrogens (tertiary/aromatic N) is 1. The number of carbonyl (C=O) groups is 1. The molecular weight excluding hydrogens is 443 g/mol. The molecule has 2 aromatic rings. The highest BCUT2D eigenvalue weighted by Crippen LogP contribution is 2.37. The minimum Gasteiger partial charge on any atom is -0.360 e. The first-order valence-corrected chi connectivity index (χ1v) is 8.11. The van der Waals surface area contributed by atoms with Gasteiger partial charge in [-0.15, -0.1) is 0 Å². The topological polar surface area (TPSA) is 64.9 Å². The maximum Gasteiger partial charge on any atom is 0.416 e. The number of hydrogen-bond donors (Lipinski definition) is 2. The summed E-state index contributed by atoms with van der Waals surface area (Å²) < 4.78 is 90.3. The molecule has 0 atom stereocenters. The highest BCUT2D eigenvalue weighted by molar-refractivity contribution is 6.31. The summed E-state index contributed by atoms with van der Waals surface area (Å²) in [4.78, 5) is 12.1. The molecule has 0 fully saturated rings. The van der Waals surface area contributed by atoms with Gasteiger partial charge in [-0.05, 0) is 36.4 Å². The third-order valence-electron chi connectivity index (χ3n) is 3.51. The summed E-state index contributed by atoms with van der Waals surface area (Å²) in [5.74, 6) is -1.83. The molecule has 1 amide bonds. The molecule has 0 heterocycles. The molecule has 12 heteroatoms. The van der Waals surface area contributed by atoms with Crippen molar-refractivity contribution in [1.82, 2.24) is 0 Å². The molecule has 2 N–H and O–H groups in total. The van der Waals surface area contributed by atoms with E-state index in [4.69, 9.17) is 16.9 Å². The van der Waals surface area contributed by atoms with Gasteiger partial charge in [-0.25, -0.2) is 4.39 Å². The van der Waals surface area contributed by atoms with Crippen LogP contribution in [0.4, 0.5) is 42.1 Å². The number of rotatable bonds is 4. The molecule has 0 spiro atoms. The van der Waals surface area contributed by atoms with E-state index in [1.165, 1.54) is 6.07 Å². The molecule has 30 heavy (non-hydrogen) atoms. The first-order chi connectivity index (χ1) is 13.8. The third-order valence-corrected chi connectivity index (χ3v) is 3.80. The maximum absolute atomic E-state index is 13.1. The SMILES string of the molecule is N#CC(=CNc1cc(C(F)(F)F)cc(C(F)(F)F)c1)C(=O)Nc1ccc(F)c(Cl)c1. The fourth-order valence-electron chi connectivity index (χ4n) is 2.11. The Morgan fingerprint density at radius 1 is 0.967 bits per heavy atom. The number of amides is 1. The van der Waals surface area contributed by atoms with Gasteiger partial charge in [0.25, 0.3) is 5.91 Å². The smallest absolute Gasteiger partial charge is 0.360 e. The molecule has 2 rings (SSSR count). The lowest BCUT2D eigenvalue weighted by atomic mass is 10.1. The lowest BCUT2D eigenvalue weighted by molar-refractivity contribution is -0.143. The number of nitrogens with one attached hydrogen (secondary N) is 2. The lowest BCUT2D eigenvalue weighted by Gasteiger charge is -2.14. The molecule has 0 aliphatic heterocycles. The van der Waals surface area contributed by atoms with Crippen LogP contribution in [0, 0.1) is 17.1 Å². The first kappa shape index (κ1) is 23.0. The summed E-state index contributed by atoms with van der Waals surface area (Å²) in [6.07, 6.45) is -9.48. The van der Waals surface area contributed by atoms with Crippen molar-refractivity contribution in [2.75, 3.05) is 10.6 Å². The molecule has 0 unspecified atom stereocenters. The molecule has 4 nitrogen and oxygen atoms in total. The fraction of sp³-hybridized carbons (Fsp3) is 0.111. The molecule has 2 aromatic carbocycles. The van der Waals surface area contributed by atoms with Crippen LogP contribution >= 0.6 is 11.6 Å². The minimum atomic E-state index is -5.06. The second kappa shape index (κ2) is 8.62. The summed E-state index contributed by atoms with van der Waals surface area (Å²) in [7, 11) is 0. The molecule has 0 saturated heterocycles. The monoisotopic (exact) mass is 451 g/mol. The van der Waals surface area contributed by atoms with Crippen LogP contribution in [0.15, 0.2) is 48.2 Å².